The maximum absolute atomic E-state index is 13.2. The van der Waals surface area contributed by atoms with Crippen LogP contribution in [0, 0.1) is 34.9 Å². The van der Waals surface area contributed by atoms with E-state index < -0.39 is 34.9 Å². The first-order chi connectivity index (χ1) is 20.4. The molecule has 219 valence electrons. The Labute approximate surface area is 257 Å². The van der Waals surface area contributed by atoms with E-state index in [1.807, 2.05) is 0 Å². The van der Waals surface area contributed by atoms with Crippen molar-refractivity contribution in [2.45, 2.75) is 0 Å². The number of nitrogens with zero attached hydrogens (tertiary/aromatic N) is 3. The Bertz CT molecular complexity index is 1530. The molecule has 3 nitrogen and oxygen atoms in total. The fraction of sp³-hybridized carbons (Fsp3) is 0. The van der Waals surface area contributed by atoms with E-state index in [1.165, 1.54) is 18.6 Å². The zero-order valence-electron chi connectivity index (χ0n) is 22.1. The molecule has 0 aliphatic heterocycles. The summed E-state index contributed by atoms with van der Waals surface area (Å²) in [5.41, 5.74) is 1.86. The molecule has 0 spiro atoms. The Balaban J connectivity index is 0.000000175. The number of hydrogen-bond donors (Lipinski definition) is 0. The first kappa shape index (κ1) is 32.8. The molecule has 3 aromatic heterocycles. The molecule has 0 amide bonds. The Morgan fingerprint density at radius 2 is 0.558 bits per heavy atom. The average Bonchev–Trinajstić information content (AvgIpc) is 3.03. The molecular formula is C33H21F6IrN3. The van der Waals surface area contributed by atoms with Crippen molar-refractivity contribution >= 4 is 0 Å². The smallest absolute Gasteiger partial charge is 0.185 e. The largest absolute Gasteiger partial charge is 0.253 e. The molecular weight excluding hydrogens is 745 g/mol. The van der Waals surface area contributed by atoms with Gasteiger partial charge >= 0.3 is 0 Å². The summed E-state index contributed by atoms with van der Waals surface area (Å²) in [6, 6.07) is 29.0. The fourth-order valence-electron chi connectivity index (χ4n) is 3.65. The van der Waals surface area contributed by atoms with Crippen molar-refractivity contribution in [3.05, 3.63) is 163 Å². The summed E-state index contributed by atoms with van der Waals surface area (Å²) in [5.74, 6) is -5.34. The maximum Gasteiger partial charge on any atom is 0.185 e. The minimum absolute atomic E-state index is 0. The van der Waals surface area contributed by atoms with Crippen LogP contribution in [0.4, 0.5) is 26.3 Å². The molecule has 3 heterocycles. The minimum Gasteiger partial charge on any atom is -0.253 e. The van der Waals surface area contributed by atoms with E-state index in [9.17, 15) is 26.3 Å². The average molecular weight is 766 g/mol. The van der Waals surface area contributed by atoms with Gasteiger partial charge in [-0.1, -0.05) is 91.0 Å². The summed E-state index contributed by atoms with van der Waals surface area (Å²) in [5, 5.41) is 0. The molecule has 43 heavy (non-hydrogen) atoms. The fourth-order valence-corrected chi connectivity index (χ4v) is 3.65. The number of aromatic nitrogens is 3. The minimum atomic E-state index is -0.904. The summed E-state index contributed by atoms with van der Waals surface area (Å²) in [4.78, 5) is 11.4. The first-order valence-corrected chi connectivity index (χ1v) is 12.4. The SMILES string of the molecule is Fc1ccnc(-c2ccccc2)c1F.Fc1ccnc(-c2ccccc2)c1F.Fc1ccnc(-c2ccccc2)c1F.[Ir]. The van der Waals surface area contributed by atoms with Gasteiger partial charge in [0.15, 0.2) is 34.9 Å². The summed E-state index contributed by atoms with van der Waals surface area (Å²) in [7, 11) is 0. The van der Waals surface area contributed by atoms with E-state index in [0.717, 1.165) is 18.2 Å². The summed E-state index contributed by atoms with van der Waals surface area (Å²) < 4.78 is 78.3. The van der Waals surface area contributed by atoms with E-state index >= 15 is 0 Å². The predicted octanol–water partition coefficient (Wildman–Crippen LogP) is 9.08. The second-order valence-corrected chi connectivity index (χ2v) is 8.46. The molecule has 0 aliphatic carbocycles. The monoisotopic (exact) mass is 766 g/mol. The Morgan fingerprint density at radius 1 is 0.326 bits per heavy atom. The third-order valence-electron chi connectivity index (χ3n) is 5.67. The molecule has 0 bridgehead atoms. The normalized spacial score (nSPS) is 9.91. The van der Waals surface area contributed by atoms with Crippen LogP contribution < -0.4 is 0 Å². The van der Waals surface area contributed by atoms with Gasteiger partial charge in [0.2, 0.25) is 0 Å². The van der Waals surface area contributed by atoms with Crippen LogP contribution in [-0.4, -0.2) is 15.0 Å². The summed E-state index contributed by atoms with van der Waals surface area (Å²) in [6.07, 6.45) is 3.75. The van der Waals surface area contributed by atoms with E-state index in [4.69, 9.17) is 0 Å². The van der Waals surface area contributed by atoms with Gasteiger partial charge in [0.1, 0.15) is 17.1 Å². The van der Waals surface area contributed by atoms with Crippen LogP contribution in [-0.2, 0) is 20.1 Å². The van der Waals surface area contributed by atoms with Crippen molar-refractivity contribution in [1.82, 2.24) is 15.0 Å². The van der Waals surface area contributed by atoms with E-state index in [1.54, 1.807) is 91.0 Å². The zero-order valence-corrected chi connectivity index (χ0v) is 24.5. The van der Waals surface area contributed by atoms with Crippen LogP contribution in [0.15, 0.2) is 128 Å². The van der Waals surface area contributed by atoms with Crippen LogP contribution in [0.5, 0.6) is 0 Å². The van der Waals surface area contributed by atoms with Crippen molar-refractivity contribution < 1.29 is 46.4 Å². The molecule has 0 fully saturated rings. The quantitative estimate of drug-likeness (QED) is 0.169. The van der Waals surface area contributed by atoms with Crippen molar-refractivity contribution in [1.29, 1.82) is 0 Å². The maximum atomic E-state index is 13.2. The molecule has 0 aliphatic rings. The predicted molar refractivity (Wildman–Crippen MR) is 149 cm³/mol. The van der Waals surface area contributed by atoms with Gasteiger partial charge in [-0.15, -0.1) is 0 Å². The Kier molecular flexibility index (Phi) is 12.3. The standard InChI is InChI=1S/3C11H7F2N.Ir/c3*12-9-6-7-14-11(10(9)13)8-4-2-1-3-5-8;/h3*1-7H;. The van der Waals surface area contributed by atoms with Crippen LogP contribution in [0.25, 0.3) is 33.8 Å². The molecule has 0 unspecified atom stereocenters. The first-order valence-electron chi connectivity index (χ1n) is 12.4. The number of pyridine rings is 3. The van der Waals surface area contributed by atoms with Gasteiger partial charge in [0, 0.05) is 55.4 Å². The van der Waals surface area contributed by atoms with Gasteiger partial charge in [-0.25, -0.2) is 26.3 Å². The van der Waals surface area contributed by atoms with Crippen LogP contribution in [0.3, 0.4) is 0 Å². The van der Waals surface area contributed by atoms with Gasteiger partial charge in [0.25, 0.3) is 0 Å². The van der Waals surface area contributed by atoms with Gasteiger partial charge in [-0.3, -0.25) is 15.0 Å². The van der Waals surface area contributed by atoms with Crippen LogP contribution in [0.1, 0.15) is 0 Å². The van der Waals surface area contributed by atoms with Crippen molar-refractivity contribution in [2.75, 3.05) is 0 Å². The van der Waals surface area contributed by atoms with Gasteiger partial charge < -0.3 is 0 Å². The van der Waals surface area contributed by atoms with E-state index in [-0.39, 0.29) is 37.2 Å². The molecule has 0 atom stereocenters. The Morgan fingerprint density at radius 3 is 0.791 bits per heavy atom. The molecule has 0 saturated carbocycles. The number of benzene rings is 3. The number of hydrogen-bond acceptors (Lipinski definition) is 3. The third kappa shape index (κ3) is 8.67. The second-order valence-electron chi connectivity index (χ2n) is 8.46. The Hall–Kier alpha value is -4.66. The van der Waals surface area contributed by atoms with Gasteiger partial charge in [-0.05, 0) is 18.2 Å². The molecule has 0 saturated heterocycles. The van der Waals surface area contributed by atoms with Crippen LogP contribution >= 0.6 is 0 Å². The summed E-state index contributed by atoms with van der Waals surface area (Å²) in [6.45, 7) is 0. The number of halogens is 6. The van der Waals surface area contributed by atoms with E-state index in [2.05, 4.69) is 15.0 Å². The van der Waals surface area contributed by atoms with Gasteiger partial charge in [0.05, 0.1) is 0 Å². The summed E-state index contributed by atoms with van der Waals surface area (Å²) >= 11 is 0. The molecule has 6 rings (SSSR count). The van der Waals surface area contributed by atoms with Crippen molar-refractivity contribution in [3.63, 3.8) is 0 Å². The topological polar surface area (TPSA) is 38.7 Å². The number of rotatable bonds is 3. The third-order valence-corrected chi connectivity index (χ3v) is 5.67. The van der Waals surface area contributed by atoms with Crippen molar-refractivity contribution in [3.8, 4) is 33.8 Å². The van der Waals surface area contributed by atoms with Crippen molar-refractivity contribution in [2.24, 2.45) is 0 Å². The molecule has 1 radical (unpaired) electrons. The zero-order chi connectivity index (χ0) is 29.9. The second kappa shape index (κ2) is 16.1. The van der Waals surface area contributed by atoms with Crippen LogP contribution in [0.2, 0.25) is 0 Å². The van der Waals surface area contributed by atoms with E-state index in [0.29, 0.717) is 16.7 Å². The molecule has 10 heteroatoms. The molecule has 3 aromatic carbocycles. The van der Waals surface area contributed by atoms with Gasteiger partial charge in [-0.2, -0.15) is 0 Å². The molecule has 0 N–H and O–H groups in total. The molecule has 6 aromatic rings.